The summed E-state index contributed by atoms with van der Waals surface area (Å²) >= 11 is 10.9. The second-order valence-electron chi connectivity index (χ2n) is 5.42. The van der Waals surface area contributed by atoms with Crippen LogP contribution in [0, 0.1) is 0 Å². The minimum atomic E-state index is -0.274. The number of carbonyl (C=O) groups is 1. The highest BCUT2D eigenvalue weighted by Crippen LogP contribution is 2.32. The molecule has 26 heavy (non-hydrogen) atoms. The molecule has 0 fully saturated rings. The van der Waals surface area contributed by atoms with Crippen molar-refractivity contribution in [3.8, 4) is 17.0 Å². The molecule has 2 aromatic carbocycles. The van der Waals surface area contributed by atoms with Gasteiger partial charge in [0.25, 0.3) is 5.91 Å². The number of aromatic nitrogens is 1. The zero-order valence-corrected chi connectivity index (χ0v) is 17.1. The standard InChI is InChI=1S/C19H16BrClN2O2S/c1-2-16-18(12-7-9-13(20)10-8-12)23-19(26-16)22-17(24)11-25-15-6-4-3-5-14(15)21/h3-10H,2,11H2,1H3,(H,22,23,24). The average molecular weight is 452 g/mol. The van der Waals surface area contributed by atoms with Gasteiger partial charge in [-0.1, -0.05) is 58.7 Å². The molecule has 0 saturated heterocycles. The highest BCUT2D eigenvalue weighted by molar-refractivity contribution is 9.10. The van der Waals surface area contributed by atoms with E-state index in [1.807, 2.05) is 24.3 Å². The third kappa shape index (κ3) is 4.63. The summed E-state index contributed by atoms with van der Waals surface area (Å²) in [6.07, 6.45) is 0.842. The summed E-state index contributed by atoms with van der Waals surface area (Å²) in [5, 5.41) is 3.83. The van der Waals surface area contributed by atoms with Gasteiger partial charge in [0.15, 0.2) is 11.7 Å². The third-order valence-electron chi connectivity index (χ3n) is 3.58. The highest BCUT2D eigenvalue weighted by atomic mass is 79.9. The summed E-state index contributed by atoms with van der Waals surface area (Å²) in [4.78, 5) is 17.9. The van der Waals surface area contributed by atoms with Gasteiger partial charge in [-0.15, -0.1) is 11.3 Å². The summed E-state index contributed by atoms with van der Waals surface area (Å²) in [5.74, 6) is 0.205. The quantitative estimate of drug-likeness (QED) is 0.515. The van der Waals surface area contributed by atoms with Gasteiger partial charge in [-0.05, 0) is 30.7 Å². The van der Waals surface area contributed by atoms with E-state index in [0.29, 0.717) is 15.9 Å². The molecule has 0 aliphatic carbocycles. The fourth-order valence-electron chi connectivity index (χ4n) is 2.34. The van der Waals surface area contributed by atoms with Crippen LogP contribution in [0.5, 0.6) is 5.75 Å². The number of aryl methyl sites for hydroxylation is 1. The van der Waals surface area contributed by atoms with Crippen LogP contribution < -0.4 is 10.1 Å². The number of rotatable bonds is 6. The smallest absolute Gasteiger partial charge is 0.264 e. The van der Waals surface area contributed by atoms with Crippen LogP contribution in [0.15, 0.2) is 53.0 Å². The van der Waals surface area contributed by atoms with Crippen molar-refractivity contribution in [2.45, 2.75) is 13.3 Å². The normalized spacial score (nSPS) is 10.6. The molecule has 0 atom stereocenters. The van der Waals surface area contributed by atoms with Gasteiger partial charge in [-0.25, -0.2) is 4.98 Å². The minimum Gasteiger partial charge on any atom is -0.482 e. The fourth-order valence-corrected chi connectivity index (χ4v) is 3.73. The van der Waals surface area contributed by atoms with E-state index >= 15 is 0 Å². The lowest BCUT2D eigenvalue weighted by Gasteiger charge is -2.07. The molecular weight excluding hydrogens is 436 g/mol. The highest BCUT2D eigenvalue weighted by Gasteiger charge is 2.14. The van der Waals surface area contributed by atoms with Crippen LogP contribution in [0.4, 0.5) is 5.13 Å². The lowest BCUT2D eigenvalue weighted by molar-refractivity contribution is -0.118. The Kier molecular flexibility index (Phi) is 6.29. The van der Waals surface area contributed by atoms with E-state index in [1.54, 1.807) is 24.3 Å². The minimum absolute atomic E-state index is 0.127. The summed E-state index contributed by atoms with van der Waals surface area (Å²) in [6, 6.07) is 15.0. The molecule has 0 aliphatic rings. The van der Waals surface area contributed by atoms with Crippen molar-refractivity contribution in [1.82, 2.24) is 4.98 Å². The predicted molar refractivity (Wildman–Crippen MR) is 110 cm³/mol. The number of benzene rings is 2. The van der Waals surface area contributed by atoms with Crippen LogP contribution in [0.1, 0.15) is 11.8 Å². The topological polar surface area (TPSA) is 51.2 Å². The molecule has 0 bridgehead atoms. The van der Waals surface area contributed by atoms with Crippen LogP contribution in [0.3, 0.4) is 0 Å². The van der Waals surface area contributed by atoms with Crippen LogP contribution >= 0.6 is 38.9 Å². The first-order valence-corrected chi connectivity index (χ1v) is 9.98. The Bertz CT molecular complexity index is 912. The molecule has 0 spiro atoms. The number of para-hydroxylation sites is 1. The van der Waals surface area contributed by atoms with E-state index < -0.39 is 0 Å². The van der Waals surface area contributed by atoms with Gasteiger partial charge >= 0.3 is 0 Å². The van der Waals surface area contributed by atoms with Crippen LogP contribution in [-0.4, -0.2) is 17.5 Å². The van der Waals surface area contributed by atoms with Gasteiger partial charge < -0.3 is 4.74 Å². The fraction of sp³-hybridized carbons (Fsp3) is 0.158. The number of nitrogens with zero attached hydrogens (tertiary/aromatic N) is 1. The van der Waals surface area contributed by atoms with E-state index in [9.17, 15) is 4.79 Å². The maximum atomic E-state index is 12.2. The number of ether oxygens (including phenoxy) is 1. The third-order valence-corrected chi connectivity index (χ3v) is 5.53. The van der Waals surface area contributed by atoms with Gasteiger partial charge in [0, 0.05) is 14.9 Å². The van der Waals surface area contributed by atoms with Crippen molar-refractivity contribution in [2.24, 2.45) is 0 Å². The van der Waals surface area contributed by atoms with Gasteiger partial charge in [0.1, 0.15) is 5.75 Å². The van der Waals surface area contributed by atoms with E-state index in [1.165, 1.54) is 11.3 Å². The molecule has 1 aromatic heterocycles. The average Bonchev–Trinajstić information content (AvgIpc) is 3.04. The zero-order chi connectivity index (χ0) is 18.5. The van der Waals surface area contributed by atoms with Gasteiger partial charge in [-0.2, -0.15) is 0 Å². The van der Waals surface area contributed by atoms with Gasteiger partial charge in [0.05, 0.1) is 10.7 Å². The zero-order valence-electron chi connectivity index (χ0n) is 14.0. The van der Waals surface area contributed by atoms with E-state index in [4.69, 9.17) is 16.3 Å². The number of amides is 1. The molecule has 0 saturated carbocycles. The largest absolute Gasteiger partial charge is 0.482 e. The molecule has 1 heterocycles. The molecule has 0 aliphatic heterocycles. The molecule has 3 aromatic rings. The number of anilines is 1. The first kappa shape index (κ1) is 18.9. The van der Waals surface area contributed by atoms with Gasteiger partial charge in [0.2, 0.25) is 0 Å². The number of nitrogens with one attached hydrogen (secondary N) is 1. The van der Waals surface area contributed by atoms with Crippen LogP contribution in [0.25, 0.3) is 11.3 Å². The van der Waals surface area contributed by atoms with Crippen molar-refractivity contribution in [1.29, 1.82) is 0 Å². The number of hydrogen-bond acceptors (Lipinski definition) is 4. The molecule has 4 nitrogen and oxygen atoms in total. The Hall–Kier alpha value is -1.89. The first-order valence-electron chi connectivity index (χ1n) is 7.99. The SMILES string of the molecule is CCc1sc(NC(=O)COc2ccccc2Cl)nc1-c1ccc(Br)cc1. The van der Waals surface area contributed by atoms with Crippen molar-refractivity contribution in [2.75, 3.05) is 11.9 Å². The first-order chi connectivity index (χ1) is 12.6. The maximum Gasteiger partial charge on any atom is 0.264 e. The van der Waals surface area contributed by atoms with Crippen LogP contribution in [0.2, 0.25) is 5.02 Å². The summed E-state index contributed by atoms with van der Waals surface area (Å²) in [6.45, 7) is 1.94. The van der Waals surface area contributed by atoms with Crippen molar-refractivity contribution in [3.63, 3.8) is 0 Å². The van der Waals surface area contributed by atoms with E-state index in [0.717, 1.165) is 27.0 Å². The summed E-state index contributed by atoms with van der Waals surface area (Å²) in [5.41, 5.74) is 1.92. The Morgan fingerprint density at radius 1 is 1.23 bits per heavy atom. The molecule has 0 radical (unpaired) electrons. The second kappa shape index (κ2) is 8.66. The Morgan fingerprint density at radius 3 is 2.65 bits per heavy atom. The summed E-state index contributed by atoms with van der Waals surface area (Å²) in [7, 11) is 0. The maximum absolute atomic E-state index is 12.2. The van der Waals surface area contributed by atoms with Crippen molar-refractivity contribution >= 4 is 49.9 Å². The second-order valence-corrected chi connectivity index (χ2v) is 7.83. The lowest BCUT2D eigenvalue weighted by atomic mass is 10.1. The monoisotopic (exact) mass is 450 g/mol. The lowest BCUT2D eigenvalue weighted by Crippen LogP contribution is -2.20. The molecule has 1 N–H and O–H groups in total. The van der Waals surface area contributed by atoms with E-state index in [2.05, 4.69) is 33.2 Å². The molecule has 7 heteroatoms. The summed E-state index contributed by atoms with van der Waals surface area (Å²) < 4.78 is 6.47. The van der Waals surface area contributed by atoms with Crippen LogP contribution in [-0.2, 0) is 11.2 Å². The number of carbonyl (C=O) groups excluding carboxylic acids is 1. The molecule has 0 unspecified atom stereocenters. The van der Waals surface area contributed by atoms with Crippen molar-refractivity contribution in [3.05, 3.63) is 62.9 Å². The number of halogens is 2. The Balaban J connectivity index is 1.69. The molecule has 1 amide bonds. The number of hydrogen-bond donors (Lipinski definition) is 1. The molecular formula is C19H16BrClN2O2S. The molecule has 134 valence electrons. The van der Waals surface area contributed by atoms with E-state index in [-0.39, 0.29) is 12.5 Å². The Labute approximate surface area is 169 Å². The Morgan fingerprint density at radius 2 is 1.96 bits per heavy atom. The van der Waals surface area contributed by atoms with Crippen molar-refractivity contribution < 1.29 is 9.53 Å². The predicted octanol–water partition coefficient (Wildman–Crippen LogP) is 5.81. The molecule has 3 rings (SSSR count). The number of thiazole rings is 1. The van der Waals surface area contributed by atoms with Gasteiger partial charge in [-0.3, -0.25) is 10.1 Å².